The molecule has 1 saturated carbocycles. The molecular weight excluding hydrogens is 194 g/mol. The van der Waals surface area contributed by atoms with Crippen LogP contribution in [-0.4, -0.2) is 25.8 Å². The third-order valence-corrected chi connectivity index (χ3v) is 3.19. The number of carboxylic acid groups (broad SMARTS) is 1. The van der Waals surface area contributed by atoms with Crippen LogP contribution in [0.25, 0.3) is 0 Å². The van der Waals surface area contributed by atoms with Gasteiger partial charge in [0.1, 0.15) is 12.2 Å². The molecule has 1 aliphatic carbocycles. The number of aromatic nitrogens is 3. The van der Waals surface area contributed by atoms with Crippen LogP contribution in [0.5, 0.6) is 0 Å². The summed E-state index contributed by atoms with van der Waals surface area (Å²) >= 11 is 0. The molecule has 0 amide bonds. The van der Waals surface area contributed by atoms with Crippen molar-refractivity contribution in [3.63, 3.8) is 0 Å². The maximum Gasteiger partial charge on any atom is 0.307 e. The topological polar surface area (TPSA) is 68.0 Å². The van der Waals surface area contributed by atoms with E-state index in [9.17, 15) is 4.79 Å². The van der Waals surface area contributed by atoms with Gasteiger partial charge in [-0.3, -0.25) is 4.79 Å². The van der Waals surface area contributed by atoms with Gasteiger partial charge >= 0.3 is 5.97 Å². The second-order valence-electron chi connectivity index (χ2n) is 4.43. The minimum absolute atomic E-state index is 0.0185. The van der Waals surface area contributed by atoms with Crippen molar-refractivity contribution in [3.8, 4) is 0 Å². The molecule has 3 unspecified atom stereocenters. The van der Waals surface area contributed by atoms with Crippen LogP contribution in [0.4, 0.5) is 0 Å². The van der Waals surface area contributed by atoms with E-state index in [0.717, 1.165) is 18.7 Å². The van der Waals surface area contributed by atoms with Crippen LogP contribution in [-0.2, 0) is 11.8 Å². The van der Waals surface area contributed by atoms with Crippen LogP contribution in [0.2, 0.25) is 0 Å². The average Bonchev–Trinajstić information content (AvgIpc) is 2.71. The second-order valence-corrected chi connectivity index (χ2v) is 4.43. The zero-order chi connectivity index (χ0) is 11.0. The highest BCUT2D eigenvalue weighted by molar-refractivity contribution is 5.71. The number of aliphatic carboxylic acids is 1. The van der Waals surface area contributed by atoms with E-state index in [1.165, 1.54) is 0 Å². The normalized spacial score (nSPS) is 30.7. The van der Waals surface area contributed by atoms with E-state index in [1.54, 1.807) is 6.33 Å². The van der Waals surface area contributed by atoms with Gasteiger partial charge in [-0.2, -0.15) is 0 Å². The summed E-state index contributed by atoms with van der Waals surface area (Å²) in [5, 5.41) is 17.0. The van der Waals surface area contributed by atoms with Gasteiger partial charge in [0.05, 0.1) is 5.92 Å². The molecular formula is C10H15N3O2. The fraction of sp³-hybridized carbons (Fsp3) is 0.700. The molecule has 82 valence electrons. The molecule has 0 saturated heterocycles. The van der Waals surface area contributed by atoms with Gasteiger partial charge in [0.25, 0.3) is 0 Å². The maximum absolute atomic E-state index is 11.1. The van der Waals surface area contributed by atoms with Gasteiger partial charge in [-0.1, -0.05) is 6.92 Å². The van der Waals surface area contributed by atoms with Crippen LogP contribution in [0.3, 0.4) is 0 Å². The molecule has 15 heavy (non-hydrogen) atoms. The summed E-state index contributed by atoms with van der Waals surface area (Å²) in [6.45, 7) is 2.09. The molecule has 1 heterocycles. The van der Waals surface area contributed by atoms with Gasteiger partial charge in [0.15, 0.2) is 0 Å². The van der Waals surface area contributed by atoms with Gasteiger partial charge in [0.2, 0.25) is 0 Å². The molecule has 1 aromatic rings. The molecule has 1 aromatic heterocycles. The number of rotatable bonds is 2. The van der Waals surface area contributed by atoms with Crippen LogP contribution < -0.4 is 0 Å². The number of hydrogen-bond acceptors (Lipinski definition) is 3. The quantitative estimate of drug-likeness (QED) is 0.789. The lowest BCUT2D eigenvalue weighted by Crippen LogP contribution is -2.19. The van der Waals surface area contributed by atoms with Crippen LogP contribution in [0.15, 0.2) is 6.33 Å². The van der Waals surface area contributed by atoms with E-state index in [1.807, 2.05) is 11.6 Å². The van der Waals surface area contributed by atoms with Crippen molar-refractivity contribution in [3.05, 3.63) is 12.2 Å². The molecule has 0 aliphatic heterocycles. The largest absolute Gasteiger partial charge is 0.481 e. The van der Waals surface area contributed by atoms with E-state index >= 15 is 0 Å². The van der Waals surface area contributed by atoms with Crippen molar-refractivity contribution in [1.29, 1.82) is 0 Å². The summed E-state index contributed by atoms with van der Waals surface area (Å²) in [7, 11) is 1.86. The summed E-state index contributed by atoms with van der Waals surface area (Å²) in [4.78, 5) is 11.1. The summed E-state index contributed by atoms with van der Waals surface area (Å²) < 4.78 is 1.82. The SMILES string of the molecule is CC1CC(C(=O)O)C(c2nncn2C)C1. The molecule has 0 aromatic carbocycles. The molecule has 0 radical (unpaired) electrons. The molecule has 1 aliphatic rings. The maximum atomic E-state index is 11.1. The fourth-order valence-corrected chi connectivity index (χ4v) is 2.48. The highest BCUT2D eigenvalue weighted by atomic mass is 16.4. The first-order valence-corrected chi connectivity index (χ1v) is 5.16. The Morgan fingerprint density at radius 2 is 2.33 bits per heavy atom. The van der Waals surface area contributed by atoms with E-state index in [4.69, 9.17) is 5.11 Å². The molecule has 0 spiro atoms. The standard InChI is InChI=1S/C10H15N3O2/c1-6-3-7(8(4-6)10(14)15)9-12-11-5-13(9)2/h5-8H,3-4H2,1-2H3,(H,14,15). The van der Waals surface area contributed by atoms with Crippen molar-refractivity contribution < 1.29 is 9.90 Å². The van der Waals surface area contributed by atoms with E-state index in [0.29, 0.717) is 5.92 Å². The number of nitrogens with zero attached hydrogens (tertiary/aromatic N) is 3. The molecule has 0 bridgehead atoms. The van der Waals surface area contributed by atoms with Crippen LogP contribution >= 0.6 is 0 Å². The van der Waals surface area contributed by atoms with Gasteiger partial charge in [-0.15, -0.1) is 10.2 Å². The first kappa shape index (κ1) is 10.1. The Morgan fingerprint density at radius 1 is 1.60 bits per heavy atom. The van der Waals surface area contributed by atoms with Crippen molar-refractivity contribution in [2.45, 2.75) is 25.7 Å². The second kappa shape index (κ2) is 3.64. The third-order valence-electron chi connectivity index (χ3n) is 3.19. The predicted molar refractivity (Wildman–Crippen MR) is 53.3 cm³/mol. The first-order chi connectivity index (χ1) is 7.09. The Balaban J connectivity index is 2.28. The van der Waals surface area contributed by atoms with E-state index in [-0.39, 0.29) is 11.8 Å². The lowest BCUT2D eigenvalue weighted by atomic mass is 9.95. The fourth-order valence-electron chi connectivity index (χ4n) is 2.48. The average molecular weight is 209 g/mol. The Bertz CT molecular complexity index is 374. The summed E-state index contributed by atoms with van der Waals surface area (Å²) in [6.07, 6.45) is 3.26. The zero-order valence-electron chi connectivity index (χ0n) is 8.92. The van der Waals surface area contributed by atoms with Gasteiger partial charge in [-0.25, -0.2) is 0 Å². The summed E-state index contributed by atoms with van der Waals surface area (Å²) in [5.74, 6) is 0.250. The lowest BCUT2D eigenvalue weighted by Gasteiger charge is -2.13. The Kier molecular flexibility index (Phi) is 2.46. The van der Waals surface area contributed by atoms with Crippen LogP contribution in [0, 0.1) is 11.8 Å². The third kappa shape index (κ3) is 1.73. The minimum Gasteiger partial charge on any atom is -0.481 e. The lowest BCUT2D eigenvalue weighted by molar-refractivity contribution is -0.142. The van der Waals surface area contributed by atoms with Crippen molar-refractivity contribution >= 4 is 5.97 Å². The number of aryl methyl sites for hydroxylation is 1. The molecule has 1 N–H and O–H groups in total. The number of hydrogen-bond donors (Lipinski definition) is 1. The van der Waals surface area contributed by atoms with Gasteiger partial charge < -0.3 is 9.67 Å². The Morgan fingerprint density at radius 3 is 2.87 bits per heavy atom. The Labute approximate surface area is 88.1 Å². The monoisotopic (exact) mass is 209 g/mol. The van der Waals surface area contributed by atoms with Crippen molar-refractivity contribution in [2.24, 2.45) is 18.9 Å². The zero-order valence-corrected chi connectivity index (χ0v) is 8.92. The number of carbonyl (C=O) groups is 1. The predicted octanol–water partition coefficient (Wildman–Crippen LogP) is 1.03. The molecule has 3 atom stereocenters. The summed E-state index contributed by atoms with van der Waals surface area (Å²) in [5.41, 5.74) is 0. The minimum atomic E-state index is -0.715. The van der Waals surface area contributed by atoms with Crippen molar-refractivity contribution in [2.75, 3.05) is 0 Å². The number of carboxylic acids is 1. The van der Waals surface area contributed by atoms with E-state index < -0.39 is 5.97 Å². The highest BCUT2D eigenvalue weighted by Gasteiger charge is 2.39. The highest BCUT2D eigenvalue weighted by Crippen LogP contribution is 2.42. The van der Waals surface area contributed by atoms with E-state index in [2.05, 4.69) is 17.1 Å². The first-order valence-electron chi connectivity index (χ1n) is 5.16. The molecule has 5 heteroatoms. The molecule has 2 rings (SSSR count). The Hall–Kier alpha value is -1.39. The molecule has 1 fully saturated rings. The smallest absolute Gasteiger partial charge is 0.307 e. The summed E-state index contributed by atoms with van der Waals surface area (Å²) in [6, 6.07) is 0. The molecule has 5 nitrogen and oxygen atoms in total. The van der Waals surface area contributed by atoms with Crippen LogP contribution in [0.1, 0.15) is 31.5 Å². The van der Waals surface area contributed by atoms with Gasteiger partial charge in [-0.05, 0) is 18.8 Å². The van der Waals surface area contributed by atoms with Crippen molar-refractivity contribution in [1.82, 2.24) is 14.8 Å². The van der Waals surface area contributed by atoms with Gasteiger partial charge in [0, 0.05) is 13.0 Å².